The average molecular weight is 204 g/mol. The van der Waals surface area contributed by atoms with E-state index < -0.39 is 0 Å². The van der Waals surface area contributed by atoms with Crippen molar-refractivity contribution in [1.82, 2.24) is 4.90 Å². The van der Waals surface area contributed by atoms with Gasteiger partial charge >= 0.3 is 5.37 Å². The SMILES string of the molecule is O=C(Cl)N1CCOC2CCCCC21. The minimum absolute atomic E-state index is 0.241. The highest BCUT2D eigenvalue weighted by molar-refractivity contribution is 6.62. The van der Waals surface area contributed by atoms with Crippen LogP contribution in [0.4, 0.5) is 4.79 Å². The van der Waals surface area contributed by atoms with E-state index in [4.69, 9.17) is 16.3 Å². The largest absolute Gasteiger partial charge is 0.374 e. The molecule has 1 aliphatic carbocycles. The molecule has 3 nitrogen and oxygen atoms in total. The Hall–Kier alpha value is -0.280. The Morgan fingerprint density at radius 1 is 1.38 bits per heavy atom. The van der Waals surface area contributed by atoms with Crippen LogP contribution in [0.5, 0.6) is 0 Å². The Labute approximate surface area is 83.0 Å². The second-order valence-electron chi connectivity index (χ2n) is 3.71. The monoisotopic (exact) mass is 203 g/mol. The molecule has 0 N–H and O–H groups in total. The molecule has 0 bridgehead atoms. The quantitative estimate of drug-likeness (QED) is 0.445. The predicted octanol–water partition coefficient (Wildman–Crippen LogP) is 1.99. The summed E-state index contributed by atoms with van der Waals surface area (Å²) in [4.78, 5) is 12.8. The van der Waals surface area contributed by atoms with Gasteiger partial charge in [0, 0.05) is 6.54 Å². The molecule has 1 aliphatic heterocycles. The van der Waals surface area contributed by atoms with Gasteiger partial charge in [0.05, 0.1) is 18.8 Å². The van der Waals surface area contributed by atoms with Gasteiger partial charge in [-0.15, -0.1) is 0 Å². The van der Waals surface area contributed by atoms with Crippen molar-refractivity contribution in [2.45, 2.75) is 37.8 Å². The molecule has 2 atom stereocenters. The standard InChI is InChI=1S/C9H14ClNO2/c10-9(12)11-5-6-13-8-4-2-1-3-7(8)11/h7-8H,1-6H2. The molecule has 0 radical (unpaired) electrons. The first kappa shape index (κ1) is 9.28. The molecule has 2 unspecified atom stereocenters. The fourth-order valence-electron chi connectivity index (χ4n) is 2.31. The molecular weight excluding hydrogens is 190 g/mol. The number of hydrogen-bond acceptors (Lipinski definition) is 2. The van der Waals surface area contributed by atoms with Crippen LogP contribution in [0.15, 0.2) is 0 Å². The van der Waals surface area contributed by atoms with Crippen LogP contribution in [0.3, 0.4) is 0 Å². The van der Waals surface area contributed by atoms with Gasteiger partial charge in [-0.25, -0.2) is 0 Å². The van der Waals surface area contributed by atoms with E-state index in [2.05, 4.69) is 0 Å². The molecule has 2 aliphatic rings. The van der Waals surface area contributed by atoms with Gasteiger partial charge in [-0.3, -0.25) is 4.79 Å². The molecule has 4 heteroatoms. The topological polar surface area (TPSA) is 29.5 Å². The fraction of sp³-hybridized carbons (Fsp3) is 0.889. The van der Waals surface area contributed by atoms with Crippen molar-refractivity contribution in [2.75, 3.05) is 13.2 Å². The van der Waals surface area contributed by atoms with Crippen LogP contribution in [0, 0.1) is 0 Å². The lowest BCUT2D eigenvalue weighted by atomic mass is 9.90. The molecule has 1 heterocycles. The summed E-state index contributed by atoms with van der Waals surface area (Å²) >= 11 is 5.51. The minimum atomic E-state index is -0.319. The van der Waals surface area contributed by atoms with Gasteiger partial charge in [0.1, 0.15) is 0 Å². The van der Waals surface area contributed by atoms with E-state index in [0.717, 1.165) is 12.8 Å². The van der Waals surface area contributed by atoms with E-state index >= 15 is 0 Å². The average Bonchev–Trinajstić information content (AvgIpc) is 2.17. The van der Waals surface area contributed by atoms with Crippen LogP contribution in [0.25, 0.3) is 0 Å². The van der Waals surface area contributed by atoms with E-state index in [0.29, 0.717) is 13.2 Å². The molecule has 0 aromatic carbocycles. The second-order valence-corrected chi connectivity index (χ2v) is 4.03. The van der Waals surface area contributed by atoms with Gasteiger partial charge < -0.3 is 9.64 Å². The number of amides is 1. The van der Waals surface area contributed by atoms with Crippen LogP contribution in [0.2, 0.25) is 0 Å². The van der Waals surface area contributed by atoms with Crippen molar-refractivity contribution in [3.8, 4) is 0 Å². The van der Waals surface area contributed by atoms with E-state index in [9.17, 15) is 4.79 Å². The molecule has 2 rings (SSSR count). The maximum Gasteiger partial charge on any atom is 0.316 e. The molecule has 13 heavy (non-hydrogen) atoms. The van der Waals surface area contributed by atoms with E-state index in [1.807, 2.05) is 0 Å². The number of nitrogens with zero attached hydrogens (tertiary/aromatic N) is 1. The molecule has 0 aromatic heterocycles. The third-order valence-corrected chi connectivity index (χ3v) is 3.18. The second kappa shape index (κ2) is 3.84. The van der Waals surface area contributed by atoms with Crippen molar-refractivity contribution in [3.63, 3.8) is 0 Å². The molecule has 0 aromatic rings. The summed E-state index contributed by atoms with van der Waals surface area (Å²) in [6.07, 6.45) is 4.76. The van der Waals surface area contributed by atoms with Gasteiger partial charge in [-0.05, 0) is 24.4 Å². The zero-order valence-electron chi connectivity index (χ0n) is 7.54. The first-order chi connectivity index (χ1) is 6.29. The summed E-state index contributed by atoms with van der Waals surface area (Å²) in [7, 11) is 0. The summed E-state index contributed by atoms with van der Waals surface area (Å²) in [6.45, 7) is 1.29. The lowest BCUT2D eigenvalue weighted by Gasteiger charge is -2.42. The lowest BCUT2D eigenvalue weighted by molar-refractivity contribution is -0.0679. The first-order valence-corrected chi connectivity index (χ1v) is 5.24. The maximum atomic E-state index is 11.1. The number of carbonyl (C=O) groups excluding carboxylic acids is 1. The molecule has 0 spiro atoms. The van der Waals surface area contributed by atoms with Crippen LogP contribution in [0.1, 0.15) is 25.7 Å². The molecular formula is C9H14ClNO2. The number of halogens is 1. The number of carbonyl (C=O) groups is 1. The predicted molar refractivity (Wildman–Crippen MR) is 50.0 cm³/mol. The Balaban J connectivity index is 2.06. The summed E-state index contributed by atoms with van der Waals surface area (Å²) in [5, 5.41) is -0.319. The van der Waals surface area contributed by atoms with Crippen molar-refractivity contribution in [2.24, 2.45) is 0 Å². The number of hydrogen-bond donors (Lipinski definition) is 0. The number of fused-ring (bicyclic) bond motifs is 1. The zero-order valence-corrected chi connectivity index (χ0v) is 8.29. The van der Waals surface area contributed by atoms with Crippen LogP contribution in [-0.4, -0.2) is 35.6 Å². The van der Waals surface area contributed by atoms with Crippen LogP contribution in [-0.2, 0) is 4.74 Å². The third-order valence-electron chi connectivity index (χ3n) is 2.96. The molecule has 1 amide bonds. The van der Waals surface area contributed by atoms with Crippen LogP contribution >= 0.6 is 11.6 Å². The van der Waals surface area contributed by atoms with E-state index in [1.54, 1.807) is 4.90 Å². The zero-order chi connectivity index (χ0) is 9.26. The smallest absolute Gasteiger partial charge is 0.316 e. The summed E-state index contributed by atoms with van der Waals surface area (Å²) < 4.78 is 5.61. The van der Waals surface area contributed by atoms with Crippen molar-refractivity contribution in [1.29, 1.82) is 0 Å². The van der Waals surface area contributed by atoms with Crippen molar-refractivity contribution in [3.05, 3.63) is 0 Å². The minimum Gasteiger partial charge on any atom is -0.374 e. The van der Waals surface area contributed by atoms with Gasteiger partial charge in [0.25, 0.3) is 0 Å². The summed E-state index contributed by atoms with van der Waals surface area (Å²) in [5.41, 5.74) is 0. The van der Waals surface area contributed by atoms with Crippen molar-refractivity contribution < 1.29 is 9.53 Å². The third kappa shape index (κ3) is 1.81. The lowest BCUT2D eigenvalue weighted by Crippen LogP contribution is -2.53. The summed E-state index contributed by atoms with van der Waals surface area (Å²) in [5.74, 6) is 0. The number of rotatable bonds is 0. The highest BCUT2D eigenvalue weighted by atomic mass is 35.5. The number of ether oxygens (including phenoxy) is 1. The first-order valence-electron chi connectivity index (χ1n) is 4.87. The number of morpholine rings is 1. The normalized spacial score (nSPS) is 34.1. The van der Waals surface area contributed by atoms with Gasteiger partial charge in [0.2, 0.25) is 0 Å². The fourth-order valence-corrected chi connectivity index (χ4v) is 2.52. The highest BCUT2D eigenvalue weighted by Crippen LogP contribution is 2.28. The van der Waals surface area contributed by atoms with Gasteiger partial charge in [-0.2, -0.15) is 0 Å². The van der Waals surface area contributed by atoms with Gasteiger partial charge in [0.15, 0.2) is 0 Å². The molecule has 1 saturated carbocycles. The van der Waals surface area contributed by atoms with Gasteiger partial charge in [-0.1, -0.05) is 12.8 Å². The summed E-state index contributed by atoms with van der Waals surface area (Å²) in [6, 6.07) is 0.243. The Kier molecular flexibility index (Phi) is 2.74. The van der Waals surface area contributed by atoms with Crippen LogP contribution < -0.4 is 0 Å². The Bertz CT molecular complexity index is 208. The maximum absolute atomic E-state index is 11.1. The Morgan fingerprint density at radius 3 is 2.92 bits per heavy atom. The van der Waals surface area contributed by atoms with E-state index in [1.165, 1.54) is 12.8 Å². The Morgan fingerprint density at radius 2 is 2.15 bits per heavy atom. The molecule has 1 saturated heterocycles. The highest BCUT2D eigenvalue weighted by Gasteiger charge is 2.35. The molecule has 2 fully saturated rings. The van der Waals surface area contributed by atoms with E-state index in [-0.39, 0.29) is 17.5 Å². The molecule has 74 valence electrons. The van der Waals surface area contributed by atoms with Crippen molar-refractivity contribution >= 4 is 17.0 Å².